The zero-order chi connectivity index (χ0) is 45.2. The third kappa shape index (κ3) is 16.1. The van der Waals surface area contributed by atoms with Crippen LogP contribution in [-0.4, -0.2) is 140 Å². The van der Waals surface area contributed by atoms with Gasteiger partial charge in [0.2, 0.25) is 11.8 Å². The van der Waals surface area contributed by atoms with Gasteiger partial charge in [-0.25, -0.2) is 28.6 Å². The van der Waals surface area contributed by atoms with E-state index in [4.69, 9.17) is 19.5 Å². The molecular weight excluding hydrogens is 891 g/mol. The van der Waals surface area contributed by atoms with Crippen LogP contribution in [0, 0.1) is 5.41 Å². The predicted molar refractivity (Wildman–Crippen MR) is 202 cm³/mol. The van der Waals surface area contributed by atoms with Crippen LogP contribution in [-0.2, 0) is 65.1 Å². The Bertz CT molecular complexity index is 2070. The molecule has 3 unspecified atom stereocenters. The quantitative estimate of drug-likeness (QED) is 0.0313. The van der Waals surface area contributed by atoms with Crippen molar-refractivity contribution in [3.63, 3.8) is 0 Å². The number of ketones is 3. The van der Waals surface area contributed by atoms with E-state index in [-0.39, 0.29) is 42.2 Å². The average Bonchev–Trinajstić information content (AvgIpc) is 3.67. The standard InChI is InChI=1S/C29H44N7O20P3S/c1-15(37)8-16(38)9-17(39)10-20(41)60-7-6-31-19(40)4-5-32-27(44)24(43)29(2,3)12-53-59(50,51)56-58(48,49)52-11-18-23(55-57(45,46)47)22(42)28(54-18)36-14-35-21-25(30)33-13-34-26(21)36/h13-14,18,22-24,28,42-43H,4-12H2,1-3H3,(H,31,40)(H,32,44)(H,48,49)(H,50,51)(H2,30,33,34)(H2,45,46,47)/t18-,22-,23-,24?,28-/m1/s1. The Labute approximate surface area is 343 Å². The number of anilines is 1. The maximum absolute atomic E-state index is 12.7. The highest BCUT2D eigenvalue weighted by atomic mass is 32.2. The SMILES string of the molecule is CC(=O)CC(=O)CC(=O)CC(=O)SCCNC(=O)CCNC(=O)C(O)C(C)(C)COP(=O)(O)OP(=O)(O)OC[C@H]1O[C@@H](n2cnc3c(N)ncnc32)[C@H](O)[C@@H]1OP(=O)(O)O. The van der Waals surface area contributed by atoms with Crippen molar-refractivity contribution in [2.75, 3.05) is 37.8 Å². The minimum Gasteiger partial charge on any atom is -0.386 e. The molecule has 2 aromatic rings. The van der Waals surface area contributed by atoms with Gasteiger partial charge in [-0.05, 0) is 6.92 Å². The number of carbonyl (C=O) groups excluding carboxylic acids is 6. The van der Waals surface area contributed by atoms with Crippen molar-refractivity contribution in [3.8, 4) is 0 Å². The molecule has 31 heteroatoms. The van der Waals surface area contributed by atoms with Crippen molar-refractivity contribution in [2.45, 2.75) is 77.1 Å². The minimum absolute atomic E-state index is 0.00256. The van der Waals surface area contributed by atoms with Crippen LogP contribution in [0.4, 0.5) is 5.82 Å². The molecule has 0 radical (unpaired) electrons. The first-order valence-corrected chi connectivity index (χ1v) is 22.8. The molecule has 1 aliphatic rings. The molecule has 60 heavy (non-hydrogen) atoms. The van der Waals surface area contributed by atoms with Gasteiger partial charge >= 0.3 is 23.5 Å². The number of Topliss-reactive ketones (excluding diaryl/α,β-unsaturated/α-hetero) is 3. The number of aliphatic hydroxyl groups excluding tert-OH is 2. The smallest absolute Gasteiger partial charge is 0.386 e. The number of ether oxygens (including phenoxy) is 1. The summed E-state index contributed by atoms with van der Waals surface area (Å²) in [5.74, 6) is -3.21. The summed E-state index contributed by atoms with van der Waals surface area (Å²) in [6, 6.07) is 0. The summed E-state index contributed by atoms with van der Waals surface area (Å²) in [6.45, 7) is 1.24. The Morgan fingerprint density at radius 2 is 1.62 bits per heavy atom. The molecule has 0 aromatic carbocycles. The summed E-state index contributed by atoms with van der Waals surface area (Å²) < 4.78 is 62.0. The Kier molecular flexibility index (Phi) is 18.3. The second-order valence-electron chi connectivity index (χ2n) is 13.6. The lowest BCUT2D eigenvalue weighted by atomic mass is 9.87. The normalized spacial score (nSPS) is 20.8. The number of nitrogens with zero attached hydrogens (tertiary/aromatic N) is 4. The van der Waals surface area contributed by atoms with Crippen molar-refractivity contribution < 1.29 is 94.9 Å². The first kappa shape index (κ1) is 50.9. The number of thioether (sulfide) groups is 1. The number of nitrogen functional groups attached to an aromatic ring is 1. The predicted octanol–water partition coefficient (Wildman–Crippen LogP) is -1.44. The van der Waals surface area contributed by atoms with Crippen LogP contribution in [0.5, 0.6) is 0 Å². The van der Waals surface area contributed by atoms with E-state index in [1.807, 2.05) is 0 Å². The van der Waals surface area contributed by atoms with Crippen molar-refractivity contribution in [2.24, 2.45) is 5.41 Å². The van der Waals surface area contributed by atoms with Gasteiger partial charge in [0, 0.05) is 30.7 Å². The Balaban J connectivity index is 1.44. The fourth-order valence-corrected chi connectivity index (χ4v) is 8.65. The molecule has 3 rings (SSSR count). The van der Waals surface area contributed by atoms with E-state index in [1.54, 1.807) is 0 Å². The number of amides is 2. The molecule has 0 aliphatic carbocycles. The van der Waals surface area contributed by atoms with Crippen LogP contribution in [0.1, 0.15) is 52.7 Å². The highest BCUT2D eigenvalue weighted by molar-refractivity contribution is 8.13. The topological polar surface area (TPSA) is 415 Å². The van der Waals surface area contributed by atoms with Gasteiger partial charge in [-0.2, -0.15) is 4.31 Å². The summed E-state index contributed by atoms with van der Waals surface area (Å²) in [4.78, 5) is 122. The Hall–Kier alpha value is -3.43. The van der Waals surface area contributed by atoms with Gasteiger partial charge in [-0.1, -0.05) is 25.6 Å². The molecule has 3 heterocycles. The number of fused-ring (bicyclic) bond motifs is 1. The number of aliphatic hydroxyl groups is 2. The lowest BCUT2D eigenvalue weighted by Gasteiger charge is -2.30. The van der Waals surface area contributed by atoms with E-state index in [0.717, 1.165) is 29.0 Å². The number of nitrogens with one attached hydrogen (secondary N) is 2. The first-order chi connectivity index (χ1) is 27.7. The average molecular weight is 936 g/mol. The fourth-order valence-electron chi connectivity index (χ4n) is 5.13. The van der Waals surface area contributed by atoms with E-state index < -0.39 is 126 Å². The van der Waals surface area contributed by atoms with Crippen LogP contribution in [0.15, 0.2) is 12.7 Å². The number of hydrogen-bond donors (Lipinski definition) is 9. The lowest BCUT2D eigenvalue weighted by Crippen LogP contribution is -2.46. The third-order valence-electron chi connectivity index (χ3n) is 7.95. The van der Waals surface area contributed by atoms with Crippen LogP contribution in [0.25, 0.3) is 11.2 Å². The highest BCUT2D eigenvalue weighted by Crippen LogP contribution is 2.61. The van der Waals surface area contributed by atoms with Gasteiger partial charge in [0.25, 0.3) is 0 Å². The van der Waals surface area contributed by atoms with Gasteiger partial charge < -0.3 is 50.9 Å². The molecule has 0 saturated carbocycles. The van der Waals surface area contributed by atoms with E-state index in [9.17, 15) is 72.2 Å². The molecule has 2 aromatic heterocycles. The molecule has 336 valence electrons. The van der Waals surface area contributed by atoms with Gasteiger partial charge in [0.1, 0.15) is 53.6 Å². The Morgan fingerprint density at radius 3 is 2.27 bits per heavy atom. The number of nitrogens with two attached hydrogens (primary N) is 1. The molecule has 7 atom stereocenters. The molecule has 0 bridgehead atoms. The molecule has 10 N–H and O–H groups in total. The van der Waals surface area contributed by atoms with Crippen molar-refractivity contribution in [1.82, 2.24) is 30.2 Å². The van der Waals surface area contributed by atoms with E-state index >= 15 is 0 Å². The van der Waals surface area contributed by atoms with Crippen LogP contribution in [0.2, 0.25) is 0 Å². The van der Waals surface area contributed by atoms with Gasteiger partial charge in [0.05, 0.1) is 38.8 Å². The monoisotopic (exact) mass is 935 g/mol. The number of imidazole rings is 1. The molecule has 2 amide bonds. The number of phosphoric ester groups is 3. The summed E-state index contributed by atoms with van der Waals surface area (Å²) in [6.07, 6.45) is -8.67. The van der Waals surface area contributed by atoms with Crippen molar-refractivity contribution in [3.05, 3.63) is 12.7 Å². The van der Waals surface area contributed by atoms with E-state index in [2.05, 4.69) is 34.4 Å². The molecule has 1 saturated heterocycles. The highest BCUT2D eigenvalue weighted by Gasteiger charge is 2.50. The lowest BCUT2D eigenvalue weighted by molar-refractivity contribution is -0.137. The maximum atomic E-state index is 12.7. The Morgan fingerprint density at radius 1 is 0.967 bits per heavy atom. The summed E-state index contributed by atoms with van der Waals surface area (Å²) >= 11 is 0.740. The molecule has 1 aliphatic heterocycles. The number of rotatable bonds is 25. The fraction of sp³-hybridized carbons (Fsp3) is 0.621. The largest absolute Gasteiger partial charge is 0.481 e. The zero-order valence-corrected chi connectivity index (χ0v) is 35.4. The summed E-state index contributed by atoms with van der Waals surface area (Å²) in [5.41, 5.74) is 4.16. The second-order valence-corrected chi connectivity index (χ2v) is 19.0. The maximum Gasteiger partial charge on any atom is 0.481 e. The zero-order valence-electron chi connectivity index (χ0n) is 31.9. The van der Waals surface area contributed by atoms with Crippen LogP contribution >= 0.6 is 35.2 Å². The molecule has 1 fully saturated rings. The van der Waals surface area contributed by atoms with Gasteiger partial charge in [-0.15, -0.1) is 0 Å². The van der Waals surface area contributed by atoms with Crippen molar-refractivity contribution in [1.29, 1.82) is 0 Å². The number of phosphoric acid groups is 3. The van der Waals surface area contributed by atoms with Crippen LogP contribution < -0.4 is 16.4 Å². The second kappa shape index (κ2) is 21.6. The molecular formula is C29H44N7O20P3S. The van der Waals surface area contributed by atoms with Gasteiger partial charge in [-0.3, -0.25) is 46.9 Å². The third-order valence-corrected chi connectivity index (χ3v) is 11.9. The number of aromatic nitrogens is 4. The number of hydrogen-bond acceptors (Lipinski definition) is 21. The first-order valence-electron chi connectivity index (χ1n) is 17.3. The summed E-state index contributed by atoms with van der Waals surface area (Å²) in [7, 11) is -16.5. The van der Waals surface area contributed by atoms with Crippen LogP contribution in [0.3, 0.4) is 0 Å². The molecule has 0 spiro atoms. The summed E-state index contributed by atoms with van der Waals surface area (Å²) in [5, 5.41) is 25.6. The van der Waals surface area contributed by atoms with E-state index in [1.165, 1.54) is 20.8 Å². The van der Waals surface area contributed by atoms with E-state index in [0.29, 0.717) is 0 Å². The molecule has 27 nitrogen and oxygen atoms in total. The van der Waals surface area contributed by atoms with Crippen molar-refractivity contribution >= 4 is 86.5 Å². The minimum atomic E-state index is -5.61. The number of carbonyl (C=O) groups is 6. The van der Waals surface area contributed by atoms with Gasteiger partial charge in [0.15, 0.2) is 22.8 Å².